The molecule has 1 aliphatic heterocycles. The molecule has 1 N–H and O–H groups in total. The van der Waals surface area contributed by atoms with Gasteiger partial charge in [-0.2, -0.15) is 0 Å². The Morgan fingerprint density at radius 3 is 3.09 bits per heavy atom. The Hall–Kier alpha value is -2.15. The average Bonchev–Trinajstić information content (AvgIpc) is 3.15. The summed E-state index contributed by atoms with van der Waals surface area (Å²) in [7, 11) is 0. The molecule has 0 atom stereocenters. The molecule has 0 radical (unpaired) electrons. The van der Waals surface area contributed by atoms with Crippen molar-refractivity contribution in [2.75, 3.05) is 11.9 Å². The minimum Gasteiger partial charge on any atom is -0.472 e. The summed E-state index contributed by atoms with van der Waals surface area (Å²) in [5.41, 5.74) is 1.45. The molecule has 0 saturated carbocycles. The lowest BCUT2D eigenvalue weighted by molar-refractivity contribution is -0.132. The number of hydrogen-bond acceptors (Lipinski definition) is 5. The molecule has 0 aliphatic carbocycles. The number of rotatable bonds is 4. The SMILES string of the molecule is CCCC(=O)N1CCc2nc(NC(=O)c3ccoc3)sc2C1. The number of aromatic nitrogens is 1. The van der Waals surface area contributed by atoms with Crippen LogP contribution >= 0.6 is 11.3 Å². The number of nitrogens with one attached hydrogen (secondary N) is 1. The maximum atomic E-state index is 12.0. The third kappa shape index (κ3) is 3.04. The smallest absolute Gasteiger partial charge is 0.260 e. The molecule has 2 amide bonds. The molecule has 0 spiro atoms. The molecule has 0 unspecified atom stereocenters. The van der Waals surface area contributed by atoms with Crippen molar-refractivity contribution in [1.29, 1.82) is 0 Å². The monoisotopic (exact) mass is 319 g/mol. The molecule has 116 valence electrons. The van der Waals surface area contributed by atoms with E-state index in [-0.39, 0.29) is 11.8 Å². The molecule has 6 nitrogen and oxygen atoms in total. The first-order chi connectivity index (χ1) is 10.7. The Kier molecular flexibility index (Phi) is 4.24. The van der Waals surface area contributed by atoms with Gasteiger partial charge in [-0.05, 0) is 12.5 Å². The number of amides is 2. The van der Waals surface area contributed by atoms with Crippen molar-refractivity contribution in [2.24, 2.45) is 0 Å². The molecule has 7 heteroatoms. The lowest BCUT2D eigenvalue weighted by Crippen LogP contribution is -2.35. The fourth-order valence-corrected chi connectivity index (χ4v) is 3.42. The topological polar surface area (TPSA) is 75.4 Å². The highest BCUT2D eigenvalue weighted by Gasteiger charge is 2.24. The minimum atomic E-state index is -0.237. The Balaban J connectivity index is 1.68. The van der Waals surface area contributed by atoms with E-state index in [4.69, 9.17) is 4.42 Å². The molecule has 0 fully saturated rings. The molecule has 0 bridgehead atoms. The first-order valence-corrected chi connectivity index (χ1v) is 8.09. The van der Waals surface area contributed by atoms with E-state index in [1.54, 1.807) is 6.07 Å². The van der Waals surface area contributed by atoms with Crippen molar-refractivity contribution >= 4 is 28.3 Å². The van der Waals surface area contributed by atoms with Gasteiger partial charge in [0, 0.05) is 24.3 Å². The molecule has 3 heterocycles. The summed E-state index contributed by atoms with van der Waals surface area (Å²) in [5.74, 6) is -0.0516. The molecular formula is C15H17N3O3S. The van der Waals surface area contributed by atoms with E-state index < -0.39 is 0 Å². The van der Waals surface area contributed by atoms with Gasteiger partial charge in [0.25, 0.3) is 5.91 Å². The quantitative estimate of drug-likeness (QED) is 0.940. The third-order valence-electron chi connectivity index (χ3n) is 3.55. The van der Waals surface area contributed by atoms with E-state index in [1.807, 2.05) is 11.8 Å². The summed E-state index contributed by atoms with van der Waals surface area (Å²) in [6.07, 6.45) is 5.03. The van der Waals surface area contributed by atoms with Gasteiger partial charge >= 0.3 is 0 Å². The van der Waals surface area contributed by atoms with Crippen molar-refractivity contribution in [3.8, 4) is 0 Å². The van der Waals surface area contributed by atoms with Crippen LogP contribution in [0, 0.1) is 0 Å². The predicted octanol–water partition coefficient (Wildman–Crippen LogP) is 2.67. The van der Waals surface area contributed by atoms with Crippen molar-refractivity contribution in [2.45, 2.75) is 32.7 Å². The molecular weight excluding hydrogens is 302 g/mol. The molecule has 0 saturated heterocycles. The number of carbonyl (C=O) groups excluding carboxylic acids is 2. The van der Waals surface area contributed by atoms with Crippen LogP contribution in [0.2, 0.25) is 0 Å². The first-order valence-electron chi connectivity index (χ1n) is 7.27. The van der Waals surface area contributed by atoms with Crippen LogP contribution in [0.25, 0.3) is 0 Å². The van der Waals surface area contributed by atoms with Crippen molar-refractivity contribution < 1.29 is 14.0 Å². The number of hydrogen-bond donors (Lipinski definition) is 1. The second-order valence-corrected chi connectivity index (χ2v) is 6.25. The van der Waals surface area contributed by atoms with Crippen LogP contribution in [0.5, 0.6) is 0 Å². The van der Waals surface area contributed by atoms with Gasteiger partial charge in [-0.25, -0.2) is 4.98 Å². The van der Waals surface area contributed by atoms with Crippen LogP contribution in [0.4, 0.5) is 5.13 Å². The van der Waals surface area contributed by atoms with Gasteiger partial charge in [-0.3, -0.25) is 14.9 Å². The van der Waals surface area contributed by atoms with Crippen LogP contribution in [0.3, 0.4) is 0 Å². The fourth-order valence-electron chi connectivity index (χ4n) is 2.40. The van der Waals surface area contributed by atoms with Crippen LogP contribution in [0.15, 0.2) is 23.0 Å². The molecule has 22 heavy (non-hydrogen) atoms. The lowest BCUT2D eigenvalue weighted by atomic mass is 10.1. The van der Waals surface area contributed by atoms with Gasteiger partial charge in [0.05, 0.1) is 24.1 Å². The average molecular weight is 319 g/mol. The Morgan fingerprint density at radius 2 is 2.36 bits per heavy atom. The van der Waals surface area contributed by atoms with Gasteiger partial charge < -0.3 is 9.32 Å². The van der Waals surface area contributed by atoms with Gasteiger partial charge in [0.15, 0.2) is 5.13 Å². The van der Waals surface area contributed by atoms with E-state index >= 15 is 0 Å². The summed E-state index contributed by atoms with van der Waals surface area (Å²) in [6, 6.07) is 1.61. The van der Waals surface area contributed by atoms with Crippen molar-refractivity contribution in [1.82, 2.24) is 9.88 Å². The van der Waals surface area contributed by atoms with E-state index in [0.717, 1.165) is 23.4 Å². The molecule has 0 aromatic carbocycles. The number of nitrogens with zero attached hydrogens (tertiary/aromatic N) is 2. The van der Waals surface area contributed by atoms with Crippen LogP contribution < -0.4 is 5.32 Å². The van der Waals surface area contributed by atoms with Crippen LogP contribution in [-0.4, -0.2) is 28.2 Å². The maximum absolute atomic E-state index is 12.0. The molecule has 2 aromatic rings. The highest BCUT2D eigenvalue weighted by Crippen LogP contribution is 2.29. The van der Waals surface area contributed by atoms with Gasteiger partial charge in [0.2, 0.25) is 5.91 Å². The predicted molar refractivity (Wildman–Crippen MR) is 82.8 cm³/mol. The second kappa shape index (κ2) is 6.31. The summed E-state index contributed by atoms with van der Waals surface area (Å²) < 4.78 is 4.90. The zero-order valence-electron chi connectivity index (χ0n) is 12.3. The molecule has 1 aliphatic rings. The van der Waals surface area contributed by atoms with E-state index in [9.17, 15) is 9.59 Å². The Labute approximate surface area is 132 Å². The van der Waals surface area contributed by atoms with E-state index in [1.165, 1.54) is 23.9 Å². The number of fused-ring (bicyclic) bond motifs is 1. The Morgan fingerprint density at radius 1 is 1.50 bits per heavy atom. The van der Waals surface area contributed by atoms with Crippen LogP contribution in [-0.2, 0) is 17.8 Å². The zero-order chi connectivity index (χ0) is 15.5. The lowest BCUT2D eigenvalue weighted by Gasteiger charge is -2.25. The highest BCUT2D eigenvalue weighted by atomic mass is 32.1. The van der Waals surface area contributed by atoms with Crippen LogP contribution in [0.1, 0.15) is 40.7 Å². The minimum absolute atomic E-state index is 0.186. The largest absolute Gasteiger partial charge is 0.472 e. The number of carbonyl (C=O) groups is 2. The van der Waals surface area contributed by atoms with Crippen molar-refractivity contribution in [3.63, 3.8) is 0 Å². The fraction of sp³-hybridized carbons (Fsp3) is 0.400. The van der Waals surface area contributed by atoms with Gasteiger partial charge in [-0.15, -0.1) is 0 Å². The van der Waals surface area contributed by atoms with Gasteiger partial charge in [-0.1, -0.05) is 18.3 Å². The van der Waals surface area contributed by atoms with E-state index in [0.29, 0.717) is 30.2 Å². The third-order valence-corrected chi connectivity index (χ3v) is 4.55. The first kappa shape index (κ1) is 14.8. The van der Waals surface area contributed by atoms with E-state index in [2.05, 4.69) is 10.3 Å². The van der Waals surface area contributed by atoms with Gasteiger partial charge in [0.1, 0.15) is 6.26 Å². The van der Waals surface area contributed by atoms with Crippen molar-refractivity contribution in [3.05, 3.63) is 34.7 Å². The molecule has 2 aromatic heterocycles. The summed E-state index contributed by atoms with van der Waals surface area (Å²) in [5, 5.41) is 3.35. The number of thiazole rings is 1. The summed E-state index contributed by atoms with van der Waals surface area (Å²) in [6.45, 7) is 3.29. The summed E-state index contributed by atoms with van der Waals surface area (Å²) >= 11 is 1.43. The maximum Gasteiger partial charge on any atom is 0.260 e. The molecule has 3 rings (SSSR count). The highest BCUT2D eigenvalue weighted by molar-refractivity contribution is 7.15. The standard InChI is InChI=1S/C15H17N3O3S/c1-2-3-13(19)18-6-4-11-12(8-18)22-15(16-11)17-14(20)10-5-7-21-9-10/h5,7,9H,2-4,6,8H2,1H3,(H,16,17,20). The summed E-state index contributed by atoms with van der Waals surface area (Å²) in [4.78, 5) is 31.3. The zero-order valence-corrected chi connectivity index (χ0v) is 13.1. The second-order valence-electron chi connectivity index (χ2n) is 5.17. The normalized spacial score (nSPS) is 13.8. The number of anilines is 1. The Bertz CT molecular complexity index is 678. The number of furan rings is 1.